The van der Waals surface area contributed by atoms with Gasteiger partial charge in [-0.1, -0.05) is 23.2 Å². The van der Waals surface area contributed by atoms with Crippen molar-refractivity contribution in [3.63, 3.8) is 0 Å². The van der Waals surface area contributed by atoms with Gasteiger partial charge in [-0.2, -0.15) is 0 Å². The van der Waals surface area contributed by atoms with Crippen LogP contribution in [0.4, 0.5) is 5.69 Å². The predicted octanol–water partition coefficient (Wildman–Crippen LogP) is 4.62. The van der Waals surface area contributed by atoms with E-state index in [4.69, 9.17) is 32.7 Å². The Morgan fingerprint density at radius 3 is 2.62 bits per heavy atom. The van der Waals surface area contributed by atoms with Crippen molar-refractivity contribution in [3.05, 3.63) is 56.5 Å². The van der Waals surface area contributed by atoms with Gasteiger partial charge in [0, 0.05) is 30.9 Å². The van der Waals surface area contributed by atoms with Crippen LogP contribution in [0.25, 0.3) is 0 Å². The molecule has 0 radical (unpaired) electrons. The third-order valence-corrected chi connectivity index (χ3v) is 4.56. The molecule has 2 N–H and O–H groups in total. The lowest BCUT2D eigenvalue weighted by molar-refractivity contribution is 0.0937. The second-order valence-corrected chi connectivity index (χ2v) is 6.99. The molecule has 0 saturated heterocycles. The van der Waals surface area contributed by atoms with Crippen molar-refractivity contribution >= 4 is 50.7 Å². The summed E-state index contributed by atoms with van der Waals surface area (Å²) < 4.78 is 11.4. The normalized spacial score (nSPS) is 10.5. The molecule has 2 rings (SSSR count). The van der Waals surface area contributed by atoms with Gasteiger partial charge in [0.2, 0.25) is 0 Å². The summed E-state index contributed by atoms with van der Waals surface area (Å²) in [4.78, 5) is 12.0. The fourth-order valence-corrected chi connectivity index (χ4v) is 3.18. The van der Waals surface area contributed by atoms with E-state index in [1.807, 2.05) is 0 Å². The smallest absolute Gasteiger partial charge is 0.252 e. The average Bonchev–Trinajstić information content (AvgIpc) is 2.60. The van der Waals surface area contributed by atoms with Gasteiger partial charge in [0.05, 0.1) is 21.7 Å². The number of benzene rings is 2. The standard InChI is InChI=1S/C18H19BrCl2N2O3/c1-25-8-6-23-18(24)14-4-3-13(11-16(14)21)22-7-9-26-17-5-2-12(20)10-15(17)19/h2-5,10-11,22H,6-9H2,1H3,(H,23,24). The molecule has 0 heterocycles. The Morgan fingerprint density at radius 1 is 1.12 bits per heavy atom. The van der Waals surface area contributed by atoms with Crippen LogP contribution in [0.3, 0.4) is 0 Å². The number of carbonyl (C=O) groups excluding carboxylic acids is 1. The maximum absolute atomic E-state index is 12.0. The molecule has 140 valence electrons. The predicted molar refractivity (Wildman–Crippen MR) is 109 cm³/mol. The lowest BCUT2D eigenvalue weighted by atomic mass is 10.2. The lowest BCUT2D eigenvalue weighted by Gasteiger charge is -2.12. The van der Waals surface area contributed by atoms with Crippen LogP contribution in [0.1, 0.15) is 10.4 Å². The lowest BCUT2D eigenvalue weighted by Crippen LogP contribution is -2.27. The molecule has 0 aromatic heterocycles. The number of amides is 1. The van der Waals surface area contributed by atoms with Crippen molar-refractivity contribution in [1.82, 2.24) is 5.32 Å². The van der Waals surface area contributed by atoms with Crippen LogP contribution < -0.4 is 15.4 Å². The molecular weight excluding hydrogens is 443 g/mol. The van der Waals surface area contributed by atoms with E-state index in [1.54, 1.807) is 43.5 Å². The minimum absolute atomic E-state index is 0.227. The average molecular weight is 462 g/mol. The third kappa shape index (κ3) is 6.36. The van der Waals surface area contributed by atoms with Crippen LogP contribution in [0.5, 0.6) is 5.75 Å². The first-order chi connectivity index (χ1) is 12.5. The van der Waals surface area contributed by atoms with Crippen LogP contribution in [0, 0.1) is 0 Å². The summed E-state index contributed by atoms with van der Waals surface area (Å²) in [5, 5.41) is 6.96. The summed E-state index contributed by atoms with van der Waals surface area (Å²) >= 11 is 15.5. The van der Waals surface area contributed by atoms with Gasteiger partial charge >= 0.3 is 0 Å². The number of hydrogen-bond acceptors (Lipinski definition) is 4. The first kappa shape index (κ1) is 20.8. The van der Waals surface area contributed by atoms with Crippen LogP contribution >= 0.6 is 39.1 Å². The van der Waals surface area contributed by atoms with Crippen molar-refractivity contribution in [2.24, 2.45) is 0 Å². The van der Waals surface area contributed by atoms with Gasteiger partial charge in [-0.3, -0.25) is 4.79 Å². The largest absolute Gasteiger partial charge is 0.491 e. The Balaban J connectivity index is 1.82. The SMILES string of the molecule is COCCNC(=O)c1ccc(NCCOc2ccc(Cl)cc2Br)cc1Cl. The molecule has 0 spiro atoms. The third-order valence-electron chi connectivity index (χ3n) is 3.39. The van der Waals surface area contributed by atoms with Crippen molar-refractivity contribution < 1.29 is 14.3 Å². The summed E-state index contributed by atoms with van der Waals surface area (Å²) in [5.41, 5.74) is 1.23. The van der Waals surface area contributed by atoms with Crippen molar-refractivity contribution in [2.45, 2.75) is 0 Å². The highest BCUT2D eigenvalue weighted by molar-refractivity contribution is 9.10. The highest BCUT2D eigenvalue weighted by Crippen LogP contribution is 2.28. The Morgan fingerprint density at radius 2 is 1.92 bits per heavy atom. The van der Waals surface area contributed by atoms with Gasteiger partial charge in [-0.15, -0.1) is 0 Å². The maximum Gasteiger partial charge on any atom is 0.252 e. The summed E-state index contributed by atoms with van der Waals surface area (Å²) in [6, 6.07) is 10.6. The van der Waals surface area contributed by atoms with Crippen LogP contribution in [0.2, 0.25) is 10.0 Å². The molecule has 0 atom stereocenters. The van der Waals surface area contributed by atoms with Crippen molar-refractivity contribution in [1.29, 1.82) is 0 Å². The van der Waals surface area contributed by atoms with Crippen molar-refractivity contribution in [3.8, 4) is 5.75 Å². The summed E-state index contributed by atoms with van der Waals surface area (Å²) in [6.45, 7) is 1.91. The number of halogens is 3. The summed E-state index contributed by atoms with van der Waals surface area (Å²) in [5.74, 6) is 0.492. The number of ether oxygens (including phenoxy) is 2. The maximum atomic E-state index is 12.0. The molecule has 8 heteroatoms. The number of rotatable bonds is 9. The first-order valence-electron chi connectivity index (χ1n) is 7.89. The molecule has 0 saturated carbocycles. The van der Waals surface area contributed by atoms with E-state index in [1.165, 1.54) is 0 Å². The van der Waals surface area contributed by atoms with E-state index in [0.29, 0.717) is 41.9 Å². The zero-order valence-electron chi connectivity index (χ0n) is 14.2. The quantitative estimate of drug-likeness (QED) is 0.534. The number of anilines is 1. The van der Waals surface area contributed by atoms with Gasteiger partial charge in [0.25, 0.3) is 5.91 Å². The molecule has 2 aromatic carbocycles. The minimum Gasteiger partial charge on any atom is -0.491 e. The molecule has 0 unspecified atom stereocenters. The molecule has 0 aliphatic carbocycles. The molecule has 0 aliphatic rings. The van der Waals surface area contributed by atoms with Crippen LogP contribution in [-0.2, 0) is 4.74 Å². The zero-order valence-corrected chi connectivity index (χ0v) is 17.2. The monoisotopic (exact) mass is 460 g/mol. The molecule has 0 aliphatic heterocycles. The fourth-order valence-electron chi connectivity index (χ4n) is 2.12. The molecule has 0 bridgehead atoms. The highest BCUT2D eigenvalue weighted by atomic mass is 79.9. The summed E-state index contributed by atoms with van der Waals surface area (Å²) in [6.07, 6.45) is 0. The second-order valence-electron chi connectivity index (χ2n) is 5.29. The fraction of sp³-hybridized carbons (Fsp3) is 0.278. The van der Waals surface area contributed by atoms with E-state index in [9.17, 15) is 4.79 Å². The van der Waals surface area contributed by atoms with Gasteiger partial charge in [0.1, 0.15) is 12.4 Å². The molecule has 5 nitrogen and oxygen atoms in total. The van der Waals surface area contributed by atoms with Gasteiger partial charge in [-0.05, 0) is 52.3 Å². The van der Waals surface area contributed by atoms with Gasteiger partial charge in [0.15, 0.2) is 0 Å². The van der Waals surface area contributed by atoms with Crippen LogP contribution in [-0.4, -0.2) is 39.3 Å². The minimum atomic E-state index is -0.227. The zero-order chi connectivity index (χ0) is 18.9. The number of carbonyl (C=O) groups is 1. The Labute approximate surface area is 171 Å². The van der Waals surface area contributed by atoms with Crippen molar-refractivity contribution in [2.75, 3.05) is 38.7 Å². The molecule has 0 fully saturated rings. The van der Waals surface area contributed by atoms with Gasteiger partial charge in [-0.25, -0.2) is 0 Å². The molecular formula is C18H19BrCl2N2O3. The number of nitrogens with one attached hydrogen (secondary N) is 2. The Kier molecular flexibility index (Phi) is 8.51. The molecule has 2 aromatic rings. The first-order valence-corrected chi connectivity index (χ1v) is 9.44. The van der Waals surface area contributed by atoms with E-state index >= 15 is 0 Å². The van der Waals surface area contributed by atoms with E-state index in [-0.39, 0.29) is 5.91 Å². The topological polar surface area (TPSA) is 59.6 Å². The summed E-state index contributed by atoms with van der Waals surface area (Å²) in [7, 11) is 1.58. The number of methoxy groups -OCH3 is 1. The van der Waals surface area contributed by atoms with E-state index in [2.05, 4.69) is 26.6 Å². The highest BCUT2D eigenvalue weighted by Gasteiger charge is 2.10. The van der Waals surface area contributed by atoms with E-state index < -0.39 is 0 Å². The van der Waals surface area contributed by atoms with Crippen LogP contribution in [0.15, 0.2) is 40.9 Å². The second kappa shape index (κ2) is 10.6. The van der Waals surface area contributed by atoms with E-state index in [0.717, 1.165) is 15.9 Å². The number of hydrogen-bond donors (Lipinski definition) is 2. The Hall–Kier alpha value is -1.47. The molecule has 26 heavy (non-hydrogen) atoms. The molecule has 1 amide bonds. The van der Waals surface area contributed by atoms with Gasteiger partial charge < -0.3 is 20.1 Å². The Bertz CT molecular complexity index is 759.